The van der Waals surface area contributed by atoms with Gasteiger partial charge in [-0.05, 0) is 42.2 Å². The molecule has 174 valence electrons. The zero-order chi connectivity index (χ0) is 23.8. The molecule has 1 aromatic heterocycles. The second-order valence-electron chi connectivity index (χ2n) is 8.02. The van der Waals surface area contributed by atoms with E-state index in [-0.39, 0.29) is 18.1 Å². The number of hydrogen-bond acceptors (Lipinski definition) is 6. The lowest BCUT2D eigenvalue weighted by Crippen LogP contribution is -2.40. The van der Waals surface area contributed by atoms with Crippen LogP contribution >= 0.6 is 57.9 Å². The number of thioether (sulfide) groups is 1. The Kier molecular flexibility index (Phi) is 7.00. The average molecular weight is 551 g/mol. The molecule has 5 nitrogen and oxygen atoms in total. The van der Waals surface area contributed by atoms with E-state index < -0.39 is 5.92 Å². The molecule has 0 saturated carbocycles. The minimum Gasteiger partial charge on any atom is -0.294 e. The van der Waals surface area contributed by atoms with Crippen LogP contribution in [0.1, 0.15) is 42.7 Å². The highest BCUT2D eigenvalue weighted by molar-refractivity contribution is 8.00. The molecule has 2 aliphatic rings. The zero-order valence-corrected chi connectivity index (χ0v) is 21.7. The lowest BCUT2D eigenvalue weighted by molar-refractivity contribution is -0.119. The summed E-state index contributed by atoms with van der Waals surface area (Å²) >= 11 is 21.6. The summed E-state index contributed by atoms with van der Waals surface area (Å²) in [5.74, 6) is 0.181. The molecular weight excluding hydrogens is 533 g/mol. The molecule has 10 heteroatoms. The third kappa shape index (κ3) is 4.64. The Bertz CT molecular complexity index is 1320. The number of rotatable bonds is 5. The molecule has 1 aliphatic carbocycles. The van der Waals surface area contributed by atoms with Crippen LogP contribution in [0.5, 0.6) is 0 Å². The van der Waals surface area contributed by atoms with Crippen LogP contribution in [0.25, 0.3) is 0 Å². The summed E-state index contributed by atoms with van der Waals surface area (Å²) in [6.07, 6.45) is 1.90. The minimum atomic E-state index is -0.390. The van der Waals surface area contributed by atoms with Gasteiger partial charge < -0.3 is 0 Å². The number of anilines is 1. The standard InChI is InChI=1S/C24H18Cl3N3O2S2/c25-14-8-9-15(18(27)10-14)16-11-21(32)30(19-6-3-7-20(31)22(16)19)23-28-29-24(34-23)33-12-13-4-1-2-5-17(13)26/h1-2,4-5,8-10,16H,3,6-7,11-12H2/t16-/m1/s1. The van der Waals surface area contributed by atoms with E-state index in [4.69, 9.17) is 34.8 Å². The van der Waals surface area contributed by atoms with Gasteiger partial charge >= 0.3 is 0 Å². The van der Waals surface area contributed by atoms with Crippen LogP contribution in [0, 0.1) is 0 Å². The maximum atomic E-state index is 13.4. The Morgan fingerprint density at radius 3 is 2.65 bits per heavy atom. The predicted molar refractivity (Wildman–Crippen MR) is 138 cm³/mol. The number of halogens is 3. The summed E-state index contributed by atoms with van der Waals surface area (Å²) in [5.41, 5.74) is 3.11. The van der Waals surface area contributed by atoms with Crippen LogP contribution in [0.15, 0.2) is 58.1 Å². The monoisotopic (exact) mass is 549 g/mol. The highest BCUT2D eigenvalue weighted by atomic mass is 35.5. The van der Waals surface area contributed by atoms with E-state index in [1.165, 1.54) is 23.1 Å². The molecule has 2 heterocycles. The average Bonchev–Trinajstić information content (AvgIpc) is 3.26. The fourth-order valence-electron chi connectivity index (χ4n) is 4.37. The van der Waals surface area contributed by atoms with Gasteiger partial charge in [0, 0.05) is 50.9 Å². The quantitative estimate of drug-likeness (QED) is 0.246. The van der Waals surface area contributed by atoms with Crippen LogP contribution in [-0.4, -0.2) is 21.9 Å². The molecule has 2 aromatic carbocycles. The van der Waals surface area contributed by atoms with Gasteiger partial charge in [-0.25, -0.2) is 0 Å². The van der Waals surface area contributed by atoms with Crippen molar-refractivity contribution in [2.75, 3.05) is 4.90 Å². The van der Waals surface area contributed by atoms with Gasteiger partial charge in [0.15, 0.2) is 10.1 Å². The zero-order valence-electron chi connectivity index (χ0n) is 17.8. The van der Waals surface area contributed by atoms with Gasteiger partial charge in [0.2, 0.25) is 11.0 Å². The van der Waals surface area contributed by atoms with Crippen molar-refractivity contribution in [3.8, 4) is 0 Å². The van der Waals surface area contributed by atoms with Crippen LogP contribution in [0.3, 0.4) is 0 Å². The van der Waals surface area contributed by atoms with Crippen LogP contribution in [-0.2, 0) is 15.3 Å². The number of benzene rings is 2. The van der Waals surface area contributed by atoms with Crippen molar-refractivity contribution in [3.63, 3.8) is 0 Å². The first kappa shape index (κ1) is 23.8. The molecule has 1 atom stereocenters. The SMILES string of the molecule is O=C1CCCC2=C1[C@@H](c1ccc(Cl)cc1Cl)CC(=O)N2c1nnc(SCc2ccccc2Cl)s1. The maximum Gasteiger partial charge on any atom is 0.234 e. The number of nitrogens with zero attached hydrogens (tertiary/aromatic N) is 3. The Labute approximate surface area is 220 Å². The highest BCUT2D eigenvalue weighted by Gasteiger charge is 2.41. The number of ketones is 1. The second kappa shape index (κ2) is 9.99. The predicted octanol–water partition coefficient (Wildman–Crippen LogP) is 7.32. The molecule has 0 fully saturated rings. The van der Waals surface area contributed by atoms with Crippen molar-refractivity contribution in [2.24, 2.45) is 0 Å². The molecule has 0 unspecified atom stereocenters. The number of Topliss-reactive ketones (excluding diaryl/α,β-unsaturated/α-hetero) is 1. The van der Waals surface area contributed by atoms with Gasteiger partial charge in [-0.2, -0.15) is 0 Å². The van der Waals surface area contributed by atoms with E-state index in [1.807, 2.05) is 24.3 Å². The van der Waals surface area contributed by atoms with Gasteiger partial charge in [-0.3, -0.25) is 14.5 Å². The number of allylic oxidation sites excluding steroid dienone is 2. The fraction of sp³-hybridized carbons (Fsp3) is 0.250. The van der Waals surface area contributed by atoms with E-state index in [0.29, 0.717) is 56.5 Å². The van der Waals surface area contributed by atoms with Crippen molar-refractivity contribution < 1.29 is 9.59 Å². The smallest absolute Gasteiger partial charge is 0.234 e. The highest BCUT2D eigenvalue weighted by Crippen LogP contribution is 2.46. The van der Waals surface area contributed by atoms with Crippen molar-refractivity contribution in [2.45, 2.75) is 41.7 Å². The molecule has 0 spiro atoms. The normalized spacial score (nSPS) is 18.4. The van der Waals surface area contributed by atoms with Gasteiger partial charge in [0.25, 0.3) is 0 Å². The molecule has 1 amide bonds. The van der Waals surface area contributed by atoms with Gasteiger partial charge in [0.05, 0.1) is 0 Å². The maximum absolute atomic E-state index is 13.4. The summed E-state index contributed by atoms with van der Waals surface area (Å²) in [6.45, 7) is 0. The van der Waals surface area contributed by atoms with E-state index in [0.717, 1.165) is 15.5 Å². The molecule has 0 radical (unpaired) electrons. The minimum absolute atomic E-state index is 0.0487. The molecule has 0 bridgehead atoms. The molecular formula is C24H18Cl3N3O2S2. The number of aromatic nitrogens is 2. The largest absolute Gasteiger partial charge is 0.294 e. The number of amides is 1. The molecule has 34 heavy (non-hydrogen) atoms. The Morgan fingerprint density at radius 1 is 1.03 bits per heavy atom. The first-order chi connectivity index (χ1) is 16.4. The van der Waals surface area contributed by atoms with Crippen LogP contribution < -0.4 is 4.90 Å². The lowest BCUT2D eigenvalue weighted by atomic mass is 9.77. The third-order valence-electron chi connectivity index (χ3n) is 5.91. The van der Waals surface area contributed by atoms with Crippen LogP contribution in [0.2, 0.25) is 15.1 Å². The second-order valence-corrected chi connectivity index (χ2v) is 11.4. The van der Waals surface area contributed by atoms with E-state index >= 15 is 0 Å². The third-order valence-corrected chi connectivity index (χ3v) is 8.93. The first-order valence-electron chi connectivity index (χ1n) is 10.7. The topological polar surface area (TPSA) is 63.2 Å². The summed E-state index contributed by atoms with van der Waals surface area (Å²) in [6, 6.07) is 12.8. The molecule has 1 aliphatic heterocycles. The van der Waals surface area contributed by atoms with Crippen molar-refractivity contribution in [3.05, 3.63) is 79.9 Å². The van der Waals surface area contributed by atoms with Crippen molar-refractivity contribution in [1.29, 1.82) is 0 Å². The Hall–Kier alpha value is -1.90. The number of carbonyl (C=O) groups excluding carboxylic acids is 2. The summed E-state index contributed by atoms with van der Waals surface area (Å²) in [7, 11) is 0. The molecule has 0 N–H and O–H groups in total. The van der Waals surface area contributed by atoms with E-state index in [9.17, 15) is 9.59 Å². The molecule has 5 rings (SSSR count). The van der Waals surface area contributed by atoms with E-state index in [2.05, 4.69) is 10.2 Å². The summed E-state index contributed by atoms with van der Waals surface area (Å²) in [5, 5.41) is 10.7. The van der Waals surface area contributed by atoms with Gasteiger partial charge in [-0.15, -0.1) is 10.2 Å². The fourth-order valence-corrected chi connectivity index (χ4v) is 7.08. The summed E-state index contributed by atoms with van der Waals surface area (Å²) in [4.78, 5) is 28.0. The molecule has 0 saturated heterocycles. The van der Waals surface area contributed by atoms with Gasteiger partial charge in [0.1, 0.15) is 0 Å². The van der Waals surface area contributed by atoms with E-state index in [1.54, 1.807) is 23.1 Å². The van der Waals surface area contributed by atoms with Crippen LogP contribution in [0.4, 0.5) is 5.13 Å². The Balaban J connectivity index is 1.47. The van der Waals surface area contributed by atoms with Crippen molar-refractivity contribution >= 4 is 74.7 Å². The Morgan fingerprint density at radius 2 is 1.85 bits per heavy atom. The first-order valence-corrected chi connectivity index (χ1v) is 13.6. The lowest BCUT2D eigenvalue weighted by Gasteiger charge is -2.37. The number of hydrogen-bond donors (Lipinski definition) is 0. The molecule has 3 aromatic rings. The van der Waals surface area contributed by atoms with Gasteiger partial charge in [-0.1, -0.05) is 82.2 Å². The summed E-state index contributed by atoms with van der Waals surface area (Å²) < 4.78 is 0.731. The van der Waals surface area contributed by atoms with Crippen molar-refractivity contribution in [1.82, 2.24) is 10.2 Å². The number of carbonyl (C=O) groups is 2.